The van der Waals surface area contributed by atoms with Gasteiger partial charge in [0, 0.05) is 0 Å². The average molecular weight is 461 g/mol. The van der Waals surface area contributed by atoms with Crippen molar-refractivity contribution in [1.29, 1.82) is 0 Å². The van der Waals surface area contributed by atoms with Gasteiger partial charge in [-0.1, -0.05) is 116 Å². The van der Waals surface area contributed by atoms with Crippen LogP contribution >= 0.6 is 0 Å². The van der Waals surface area contributed by atoms with E-state index >= 15 is 0 Å². The summed E-state index contributed by atoms with van der Waals surface area (Å²) in [6.07, 6.45) is 21.4. The molecule has 0 aliphatic rings. The third-order valence-electron chi connectivity index (χ3n) is 6.08. The van der Waals surface area contributed by atoms with Gasteiger partial charge in [0.1, 0.15) is 10.1 Å². The predicted molar refractivity (Wildman–Crippen MR) is 127 cm³/mol. The summed E-state index contributed by atoms with van der Waals surface area (Å²) < 4.78 is 35.3. The van der Waals surface area contributed by atoms with E-state index in [0.717, 1.165) is 36.8 Å². The molecule has 0 aliphatic heterocycles. The normalized spacial score (nSPS) is 11.5. The summed E-state index contributed by atoms with van der Waals surface area (Å²) in [6.45, 7) is 4.45. The number of hydrogen-bond acceptors (Lipinski definition) is 3. The summed E-state index contributed by atoms with van der Waals surface area (Å²) >= 11 is 0. The first kappa shape index (κ1) is 31.1. The van der Waals surface area contributed by atoms with Crippen LogP contribution in [0.2, 0.25) is 0 Å². The van der Waals surface area contributed by atoms with Gasteiger partial charge in [-0.25, -0.2) is 8.42 Å². The van der Waals surface area contributed by atoms with E-state index in [1.54, 1.807) is 6.07 Å². The Morgan fingerprint density at radius 3 is 1.52 bits per heavy atom. The fourth-order valence-electron chi connectivity index (χ4n) is 4.25. The first-order valence-electron chi connectivity index (χ1n) is 12.6. The van der Waals surface area contributed by atoms with Gasteiger partial charge in [0.25, 0.3) is 0 Å². The maximum atomic E-state index is 11.8. The zero-order chi connectivity index (χ0) is 22.1. The van der Waals surface area contributed by atoms with Crippen LogP contribution in [0.5, 0.6) is 0 Å². The van der Waals surface area contributed by atoms with E-state index in [-0.39, 0.29) is 34.5 Å². The van der Waals surface area contributed by atoms with Crippen LogP contribution in [0.15, 0.2) is 23.1 Å². The summed E-state index contributed by atoms with van der Waals surface area (Å²) in [7, 11) is -4.41. The molecular weight excluding hydrogens is 415 g/mol. The maximum Gasteiger partial charge on any atom is 1.00 e. The molecule has 0 aromatic heterocycles. The van der Waals surface area contributed by atoms with Crippen molar-refractivity contribution < 1.29 is 42.5 Å². The molecule has 0 radical (unpaired) electrons. The van der Waals surface area contributed by atoms with Crippen molar-refractivity contribution in [3.05, 3.63) is 29.3 Å². The van der Waals surface area contributed by atoms with Crippen LogP contribution in [-0.4, -0.2) is 13.0 Å². The van der Waals surface area contributed by atoms with Crippen LogP contribution in [0, 0.1) is 0 Å². The summed E-state index contributed by atoms with van der Waals surface area (Å²) in [6, 6.07) is 5.26. The molecular formula is C26H45NaO3S. The summed E-state index contributed by atoms with van der Waals surface area (Å²) in [4.78, 5) is 0.0145. The first-order chi connectivity index (χ1) is 14.5. The van der Waals surface area contributed by atoms with Crippen molar-refractivity contribution in [2.45, 2.75) is 134 Å². The number of aryl methyl sites for hydroxylation is 1. The molecule has 1 rings (SSSR count). The zero-order valence-corrected chi connectivity index (χ0v) is 23.4. The Balaban J connectivity index is 0.00000900. The molecule has 31 heavy (non-hydrogen) atoms. The van der Waals surface area contributed by atoms with Crippen LogP contribution < -0.4 is 29.6 Å². The predicted octanol–water partition coefficient (Wildman–Crippen LogP) is 4.96. The van der Waals surface area contributed by atoms with Gasteiger partial charge in [0.2, 0.25) is 0 Å². The molecule has 0 bridgehead atoms. The van der Waals surface area contributed by atoms with E-state index in [2.05, 4.69) is 13.8 Å². The number of hydrogen-bond donors (Lipinski definition) is 0. The molecule has 1 aromatic carbocycles. The maximum absolute atomic E-state index is 11.8. The van der Waals surface area contributed by atoms with Crippen LogP contribution in [0.3, 0.4) is 0 Å². The number of unbranched alkanes of at least 4 members (excludes halogenated alkanes) is 14. The minimum absolute atomic E-state index is 0. The Hall–Kier alpha value is 0.130. The van der Waals surface area contributed by atoms with Crippen molar-refractivity contribution in [2.75, 3.05) is 0 Å². The molecule has 0 unspecified atom stereocenters. The second kappa shape index (κ2) is 19.6. The van der Waals surface area contributed by atoms with Gasteiger partial charge < -0.3 is 4.55 Å². The quantitative estimate of drug-likeness (QED) is 0.167. The molecule has 0 heterocycles. The second-order valence-electron chi connectivity index (χ2n) is 8.80. The van der Waals surface area contributed by atoms with Crippen molar-refractivity contribution >= 4 is 10.1 Å². The van der Waals surface area contributed by atoms with Gasteiger partial charge in [-0.3, -0.25) is 0 Å². The Labute approximate surface area is 215 Å². The monoisotopic (exact) mass is 460 g/mol. The van der Waals surface area contributed by atoms with Crippen LogP contribution in [-0.2, 0) is 23.0 Å². The molecule has 174 valence electrons. The van der Waals surface area contributed by atoms with E-state index in [9.17, 15) is 13.0 Å². The average Bonchev–Trinajstić information content (AvgIpc) is 2.71. The zero-order valence-electron chi connectivity index (χ0n) is 20.6. The van der Waals surface area contributed by atoms with Crippen molar-refractivity contribution in [3.63, 3.8) is 0 Å². The summed E-state index contributed by atoms with van der Waals surface area (Å²) in [5, 5.41) is 0. The number of rotatable bonds is 19. The molecule has 0 spiro atoms. The third-order valence-corrected chi connectivity index (χ3v) is 7.00. The van der Waals surface area contributed by atoms with Gasteiger partial charge in [-0.05, 0) is 42.9 Å². The fraction of sp³-hybridized carbons (Fsp3) is 0.769. The number of benzene rings is 1. The molecule has 0 atom stereocenters. The Morgan fingerprint density at radius 2 is 1.06 bits per heavy atom. The van der Waals surface area contributed by atoms with E-state index in [1.807, 2.05) is 6.07 Å². The molecule has 3 nitrogen and oxygen atoms in total. The third kappa shape index (κ3) is 14.8. The van der Waals surface area contributed by atoms with Crippen molar-refractivity contribution in [2.24, 2.45) is 0 Å². The van der Waals surface area contributed by atoms with Gasteiger partial charge in [0.05, 0.1) is 4.90 Å². The smallest absolute Gasteiger partial charge is 0.744 e. The van der Waals surface area contributed by atoms with Gasteiger partial charge in [-0.2, -0.15) is 0 Å². The van der Waals surface area contributed by atoms with Gasteiger partial charge in [0.15, 0.2) is 0 Å². The second-order valence-corrected chi connectivity index (χ2v) is 10.1. The molecule has 1 aromatic rings. The topological polar surface area (TPSA) is 57.2 Å². The van der Waals surface area contributed by atoms with E-state index in [0.29, 0.717) is 6.42 Å². The minimum atomic E-state index is -4.41. The van der Waals surface area contributed by atoms with Gasteiger partial charge >= 0.3 is 29.6 Å². The van der Waals surface area contributed by atoms with E-state index < -0.39 is 10.1 Å². The first-order valence-corrected chi connectivity index (χ1v) is 14.0. The van der Waals surface area contributed by atoms with Crippen LogP contribution in [0.4, 0.5) is 0 Å². The summed E-state index contributed by atoms with van der Waals surface area (Å²) in [5.41, 5.74) is 1.86. The molecule has 0 N–H and O–H groups in total. The Bertz CT molecular complexity index is 659. The molecule has 0 saturated heterocycles. The van der Waals surface area contributed by atoms with Crippen LogP contribution in [0.1, 0.15) is 128 Å². The molecule has 0 saturated carbocycles. The molecule has 0 fully saturated rings. The van der Waals surface area contributed by atoms with Crippen molar-refractivity contribution in [3.8, 4) is 0 Å². The Morgan fingerprint density at radius 1 is 0.645 bits per heavy atom. The molecule has 0 amide bonds. The Kier molecular flexibility index (Phi) is 19.7. The van der Waals surface area contributed by atoms with E-state index in [1.165, 1.54) is 89.5 Å². The minimum Gasteiger partial charge on any atom is -0.744 e. The van der Waals surface area contributed by atoms with Gasteiger partial charge in [-0.15, -0.1) is 0 Å². The summed E-state index contributed by atoms with van der Waals surface area (Å²) in [5.74, 6) is 0. The SMILES string of the molecule is CCCCCCCCCCCCc1cccc(S(=O)(=O)[O-])c1CCCCCCCC.[Na+]. The standard InChI is InChI=1S/C26H46O3S.Na/c1-3-5-7-9-11-12-13-14-15-17-20-24-21-19-23-26(30(27,28)29)25(24)22-18-16-10-8-6-4-2;/h19,21,23H,3-18,20,22H2,1-2H3,(H,27,28,29);/q;+1/p-1. The van der Waals surface area contributed by atoms with Crippen LogP contribution in [0.25, 0.3) is 0 Å². The van der Waals surface area contributed by atoms with E-state index in [4.69, 9.17) is 0 Å². The largest absolute Gasteiger partial charge is 1.00 e. The fourth-order valence-corrected chi connectivity index (χ4v) is 5.03. The molecule has 5 heteroatoms. The molecule has 0 aliphatic carbocycles. The van der Waals surface area contributed by atoms with Crippen molar-refractivity contribution in [1.82, 2.24) is 0 Å².